The van der Waals surface area contributed by atoms with Gasteiger partial charge in [0.2, 0.25) is 0 Å². The highest BCUT2D eigenvalue weighted by Gasteiger charge is 2.24. The Hall–Kier alpha value is -4.46. The van der Waals surface area contributed by atoms with Crippen molar-refractivity contribution in [1.29, 1.82) is 0 Å². The van der Waals surface area contributed by atoms with E-state index in [2.05, 4.69) is 10.6 Å². The molecule has 186 valence electrons. The summed E-state index contributed by atoms with van der Waals surface area (Å²) in [6, 6.07) is 25.2. The molecule has 3 aromatic rings. The zero-order valence-corrected chi connectivity index (χ0v) is 19.9. The van der Waals surface area contributed by atoms with Crippen LogP contribution >= 0.6 is 0 Å². The summed E-state index contributed by atoms with van der Waals surface area (Å²) >= 11 is 0. The SMILES string of the molecule is COC(=O)C(Cc1ccccc1)NC(=O)COC(=O)CC(NC(=O)c1ccccc1)c1ccccc1. The number of rotatable bonds is 11. The van der Waals surface area contributed by atoms with E-state index in [1.54, 1.807) is 54.6 Å². The van der Waals surface area contributed by atoms with Gasteiger partial charge >= 0.3 is 11.9 Å². The van der Waals surface area contributed by atoms with Gasteiger partial charge in [0.05, 0.1) is 19.6 Å². The lowest BCUT2D eigenvalue weighted by molar-refractivity contribution is -0.150. The lowest BCUT2D eigenvalue weighted by atomic mass is 10.0. The summed E-state index contributed by atoms with van der Waals surface area (Å²) in [6.07, 6.45) is 0.0507. The summed E-state index contributed by atoms with van der Waals surface area (Å²) < 4.78 is 9.94. The minimum atomic E-state index is -0.925. The van der Waals surface area contributed by atoms with Crippen molar-refractivity contribution in [3.8, 4) is 0 Å². The first-order chi connectivity index (χ1) is 17.5. The molecular weight excluding hydrogens is 460 g/mol. The quantitative estimate of drug-likeness (QED) is 0.402. The van der Waals surface area contributed by atoms with Crippen LogP contribution in [0.25, 0.3) is 0 Å². The molecule has 0 aliphatic carbocycles. The van der Waals surface area contributed by atoms with Gasteiger partial charge in [-0.15, -0.1) is 0 Å². The molecule has 2 N–H and O–H groups in total. The lowest BCUT2D eigenvalue weighted by Crippen LogP contribution is -2.44. The monoisotopic (exact) mass is 488 g/mol. The number of carbonyl (C=O) groups is 4. The highest BCUT2D eigenvalue weighted by atomic mass is 16.5. The predicted octanol–water partition coefficient (Wildman–Crippen LogP) is 2.99. The molecule has 3 aromatic carbocycles. The van der Waals surface area contributed by atoms with Gasteiger partial charge in [-0.2, -0.15) is 0 Å². The maximum atomic E-state index is 12.7. The molecule has 0 heterocycles. The van der Waals surface area contributed by atoms with Crippen LogP contribution < -0.4 is 10.6 Å². The third kappa shape index (κ3) is 8.09. The van der Waals surface area contributed by atoms with Gasteiger partial charge in [-0.05, 0) is 23.3 Å². The molecule has 0 saturated heterocycles. The Morgan fingerprint density at radius 2 is 1.36 bits per heavy atom. The summed E-state index contributed by atoms with van der Waals surface area (Å²) in [5, 5.41) is 5.40. The van der Waals surface area contributed by atoms with Crippen LogP contribution in [-0.2, 0) is 30.3 Å². The zero-order valence-electron chi connectivity index (χ0n) is 19.9. The molecule has 8 nitrogen and oxygen atoms in total. The molecule has 36 heavy (non-hydrogen) atoms. The van der Waals surface area contributed by atoms with Crippen LogP contribution in [0.5, 0.6) is 0 Å². The minimum Gasteiger partial charge on any atom is -0.467 e. The molecule has 2 amide bonds. The van der Waals surface area contributed by atoms with Crippen molar-refractivity contribution in [3.63, 3.8) is 0 Å². The number of hydrogen-bond donors (Lipinski definition) is 2. The Balaban J connectivity index is 1.58. The van der Waals surface area contributed by atoms with E-state index in [1.807, 2.05) is 36.4 Å². The van der Waals surface area contributed by atoms with Crippen LogP contribution in [0.1, 0.15) is 33.9 Å². The molecule has 0 saturated carbocycles. The largest absolute Gasteiger partial charge is 0.467 e. The number of carbonyl (C=O) groups excluding carboxylic acids is 4. The van der Waals surface area contributed by atoms with Crippen LogP contribution in [0.3, 0.4) is 0 Å². The molecule has 8 heteroatoms. The minimum absolute atomic E-state index is 0.180. The van der Waals surface area contributed by atoms with Crippen molar-refractivity contribution in [2.75, 3.05) is 13.7 Å². The first-order valence-corrected chi connectivity index (χ1v) is 11.4. The van der Waals surface area contributed by atoms with Gasteiger partial charge in [0, 0.05) is 12.0 Å². The van der Waals surface area contributed by atoms with E-state index in [0.29, 0.717) is 5.56 Å². The maximum absolute atomic E-state index is 12.7. The molecule has 2 atom stereocenters. The summed E-state index contributed by atoms with van der Waals surface area (Å²) in [5.41, 5.74) is 2.01. The molecular formula is C28H28N2O6. The van der Waals surface area contributed by atoms with Crippen LogP contribution in [0.15, 0.2) is 91.0 Å². The molecule has 0 aliphatic heterocycles. The number of esters is 2. The second-order valence-electron chi connectivity index (χ2n) is 8.00. The Bertz CT molecular complexity index is 1150. The van der Waals surface area contributed by atoms with E-state index in [0.717, 1.165) is 11.1 Å². The zero-order chi connectivity index (χ0) is 25.8. The highest BCUT2D eigenvalue weighted by Crippen LogP contribution is 2.18. The average molecular weight is 489 g/mol. The fraction of sp³-hybridized carbons (Fsp3) is 0.214. The Morgan fingerprint density at radius 1 is 0.778 bits per heavy atom. The van der Waals surface area contributed by atoms with E-state index >= 15 is 0 Å². The van der Waals surface area contributed by atoms with Crippen molar-refractivity contribution in [2.45, 2.75) is 24.9 Å². The van der Waals surface area contributed by atoms with Gasteiger partial charge in [-0.25, -0.2) is 4.79 Å². The van der Waals surface area contributed by atoms with Gasteiger partial charge in [0.15, 0.2) is 6.61 Å². The molecule has 0 fully saturated rings. The van der Waals surface area contributed by atoms with Crippen molar-refractivity contribution >= 4 is 23.8 Å². The molecule has 0 spiro atoms. The van der Waals surface area contributed by atoms with Crippen molar-refractivity contribution < 1.29 is 28.7 Å². The van der Waals surface area contributed by atoms with Gasteiger partial charge in [-0.3, -0.25) is 14.4 Å². The van der Waals surface area contributed by atoms with Crippen molar-refractivity contribution in [1.82, 2.24) is 10.6 Å². The second kappa shape index (κ2) is 13.4. The number of benzene rings is 3. The molecule has 2 unspecified atom stereocenters. The number of ether oxygens (including phenoxy) is 2. The van der Waals surface area contributed by atoms with E-state index in [4.69, 9.17) is 9.47 Å². The Morgan fingerprint density at radius 3 is 1.97 bits per heavy atom. The third-order valence-electron chi connectivity index (χ3n) is 5.38. The molecule has 0 radical (unpaired) electrons. The molecule has 0 aliphatic rings. The van der Waals surface area contributed by atoms with Crippen LogP contribution in [0, 0.1) is 0 Å². The number of hydrogen-bond acceptors (Lipinski definition) is 6. The number of nitrogens with one attached hydrogen (secondary N) is 2. The first kappa shape index (κ1) is 26.2. The van der Waals surface area contributed by atoms with Crippen molar-refractivity contribution in [3.05, 3.63) is 108 Å². The van der Waals surface area contributed by atoms with Crippen LogP contribution in [0.4, 0.5) is 0 Å². The predicted molar refractivity (Wildman–Crippen MR) is 133 cm³/mol. The third-order valence-corrected chi connectivity index (χ3v) is 5.38. The summed E-state index contributed by atoms with van der Waals surface area (Å²) in [6.45, 7) is -0.574. The normalized spacial score (nSPS) is 12.0. The Labute approximate surface area is 209 Å². The lowest BCUT2D eigenvalue weighted by Gasteiger charge is -2.19. The topological polar surface area (TPSA) is 111 Å². The molecule has 0 aromatic heterocycles. The van der Waals surface area contributed by atoms with Gasteiger partial charge < -0.3 is 20.1 Å². The second-order valence-corrected chi connectivity index (χ2v) is 8.00. The number of methoxy groups -OCH3 is 1. The fourth-order valence-electron chi connectivity index (χ4n) is 3.56. The summed E-state index contributed by atoms with van der Waals surface area (Å²) in [7, 11) is 1.24. The standard InChI is InChI=1S/C28H28N2O6/c1-35-28(34)24(17-20-11-5-2-6-12-20)29-25(31)19-36-26(32)18-23(21-13-7-3-8-14-21)30-27(33)22-15-9-4-10-16-22/h2-16,23-24H,17-19H2,1H3,(H,29,31)(H,30,33). The maximum Gasteiger partial charge on any atom is 0.328 e. The average Bonchev–Trinajstić information content (AvgIpc) is 2.92. The molecule has 3 rings (SSSR count). The van der Waals surface area contributed by atoms with Crippen LogP contribution in [-0.4, -0.2) is 43.5 Å². The smallest absolute Gasteiger partial charge is 0.328 e. The fourth-order valence-corrected chi connectivity index (χ4v) is 3.56. The van der Waals surface area contributed by atoms with Gasteiger partial charge in [-0.1, -0.05) is 78.9 Å². The summed E-state index contributed by atoms with van der Waals surface area (Å²) in [5.74, 6) is -2.26. The van der Waals surface area contributed by atoms with Crippen molar-refractivity contribution in [2.24, 2.45) is 0 Å². The highest BCUT2D eigenvalue weighted by molar-refractivity contribution is 5.94. The Kier molecular flexibility index (Phi) is 9.76. The van der Waals surface area contributed by atoms with E-state index in [9.17, 15) is 19.2 Å². The van der Waals surface area contributed by atoms with E-state index < -0.39 is 36.5 Å². The summed E-state index contributed by atoms with van der Waals surface area (Å²) in [4.78, 5) is 49.8. The molecule has 0 bridgehead atoms. The number of amides is 2. The van der Waals surface area contributed by atoms with E-state index in [-0.39, 0.29) is 18.7 Å². The van der Waals surface area contributed by atoms with Gasteiger partial charge in [0.1, 0.15) is 6.04 Å². The van der Waals surface area contributed by atoms with Gasteiger partial charge in [0.25, 0.3) is 11.8 Å². The van der Waals surface area contributed by atoms with Crippen LogP contribution in [0.2, 0.25) is 0 Å². The van der Waals surface area contributed by atoms with E-state index in [1.165, 1.54) is 7.11 Å². The first-order valence-electron chi connectivity index (χ1n) is 11.4.